The predicted molar refractivity (Wildman–Crippen MR) is 322 cm³/mol. The molecule has 0 heterocycles. The van der Waals surface area contributed by atoms with E-state index in [1.54, 1.807) is 21.3 Å². The van der Waals surface area contributed by atoms with Gasteiger partial charge in [0.25, 0.3) is 0 Å². The van der Waals surface area contributed by atoms with E-state index < -0.39 is 35.8 Å². The summed E-state index contributed by atoms with van der Waals surface area (Å²) in [4.78, 5) is 90.4. The number of aliphatic hydroxyl groups excluding tert-OH is 5. The van der Waals surface area contributed by atoms with Crippen molar-refractivity contribution in [3.8, 4) is 0 Å². The van der Waals surface area contributed by atoms with Crippen LogP contribution < -0.4 is 29.6 Å². The van der Waals surface area contributed by atoms with E-state index in [9.17, 15) is 43.2 Å². The van der Waals surface area contributed by atoms with E-state index in [0.29, 0.717) is 99.1 Å². The number of alkyl halides is 1. The fraction of sp³-hybridized carbons (Fsp3) is 0.827. The molecule has 0 aromatic rings. The Kier molecular flexibility index (Phi) is 156. The molecule has 0 unspecified atom stereocenters. The number of methoxy groups -OCH3 is 12. The molecule has 0 aromatic carbocycles. The van der Waals surface area contributed by atoms with Crippen LogP contribution >= 0.6 is 15.9 Å². The summed E-state index contributed by atoms with van der Waals surface area (Å²) in [5.41, 5.74) is 0. The monoisotopic (exact) mass is 1470 g/mol. The average Bonchev–Trinajstić information content (AvgIpc) is 3.58. The molecule has 0 aromatic heterocycles. The molecule has 40 nitrogen and oxygen atoms in total. The zero-order chi connectivity index (χ0) is 73.0. The smallest absolute Gasteiger partial charge is 0.870 e. The number of rotatable bonds is 45. The molecular weight excluding hydrogens is 1370 g/mol. The topological polar surface area (TPSA) is 560 Å². The quantitative estimate of drug-likeness (QED) is 0.00899. The predicted octanol–water partition coefficient (Wildman–Crippen LogP) is -7.09. The molecule has 0 rings (SSSR count). The van der Waals surface area contributed by atoms with Crippen LogP contribution in [-0.4, -0.2) is 394 Å². The standard InChI is InChI=1S/2C6H12O4.6C5H10O4.C5H12O3.C3H5BrO2.C2H6O2.Na.H2O/c2*1-8-3-4-10-5-6(7)9-2;4*1-8-2-3-9-4-5(6)7;2*1-8-5(7)4-9-3-2-6;1-7-4-5-8-3-2-6;1-6-3(5)2-4;3-1-2-4;;/h2*3-5H2,1-2H3;4*2-4H2,1H3,(H,6,7);2*6H,2-4H2,1H3;6H,2-5H2,1H3;2H2,1H3;3-4H,1-2H2;;1H2/q;;;;;;;;;;;+1;/p-1. The van der Waals surface area contributed by atoms with Gasteiger partial charge in [0.1, 0.15) is 58.2 Å². The van der Waals surface area contributed by atoms with E-state index in [1.807, 2.05) is 0 Å². The van der Waals surface area contributed by atoms with Crippen LogP contribution in [0.1, 0.15) is 0 Å². The number of halogens is 1. The summed E-state index contributed by atoms with van der Waals surface area (Å²) in [7, 11) is 17.4. The van der Waals surface area contributed by atoms with Crippen LogP contribution in [0.25, 0.3) is 0 Å². The minimum Gasteiger partial charge on any atom is -0.870 e. The Balaban J connectivity index is -0.0000000700. The van der Waals surface area contributed by atoms with Crippen molar-refractivity contribution in [2.75, 3.05) is 289 Å². The summed E-state index contributed by atoms with van der Waals surface area (Å²) in [6.45, 7) is 5.39. The van der Waals surface area contributed by atoms with Gasteiger partial charge in [0.05, 0.1) is 181 Å². The zero-order valence-corrected chi connectivity index (χ0v) is 60.1. The van der Waals surface area contributed by atoms with Gasteiger partial charge in [-0.15, -0.1) is 0 Å². The van der Waals surface area contributed by atoms with Crippen molar-refractivity contribution >= 4 is 69.7 Å². The largest absolute Gasteiger partial charge is 1.00 e. The van der Waals surface area contributed by atoms with Crippen molar-refractivity contribution in [2.45, 2.75) is 0 Å². The number of carboxylic acid groups (broad SMARTS) is 4. The Hall–Kier alpha value is -4.17. The molecule has 0 atom stereocenters. The summed E-state index contributed by atoms with van der Waals surface area (Å²) >= 11 is 2.90. The van der Waals surface area contributed by atoms with E-state index in [2.05, 4.69) is 101 Å². The summed E-state index contributed by atoms with van der Waals surface area (Å²) in [5, 5.41) is 72.3. The summed E-state index contributed by atoms with van der Waals surface area (Å²) in [6, 6.07) is 0. The Morgan fingerprint density at radius 1 is 0.245 bits per heavy atom. The molecule has 94 heavy (non-hydrogen) atoms. The van der Waals surface area contributed by atoms with E-state index in [4.69, 9.17) is 60.2 Å². The van der Waals surface area contributed by atoms with Crippen LogP contribution in [0.4, 0.5) is 0 Å². The Labute approximate surface area is 579 Å². The molecule has 0 saturated carbocycles. The molecule has 0 saturated heterocycles. The van der Waals surface area contributed by atoms with Crippen LogP contribution in [0.2, 0.25) is 0 Å². The Morgan fingerprint density at radius 3 is 0.532 bits per heavy atom. The van der Waals surface area contributed by atoms with Gasteiger partial charge in [0.2, 0.25) is 0 Å². The molecule has 0 aliphatic rings. The minimum atomic E-state index is -0.953. The molecule has 10 N–H and O–H groups in total. The molecule has 0 aliphatic carbocycles. The number of hydrogen-bond acceptors (Lipinski definition) is 36. The van der Waals surface area contributed by atoms with Gasteiger partial charge in [0, 0.05) is 49.8 Å². The van der Waals surface area contributed by atoms with Gasteiger partial charge in [-0.2, -0.15) is 0 Å². The molecule has 0 fully saturated rings. The van der Waals surface area contributed by atoms with Gasteiger partial charge in [-0.1, -0.05) is 15.9 Å². The van der Waals surface area contributed by atoms with E-state index in [0.717, 1.165) is 0 Å². The molecule has 0 amide bonds. The number of carbonyl (C=O) groups excluding carboxylic acids is 5. The SMILES string of the molecule is COC(=O)CBr.COC(=O)COCCO.COC(=O)COCCO.COCCOCC(=O)O.COCCOCC(=O)O.COCCOCC(=O)O.COCCOCC(=O)O.COCCOCC(=O)OC.COCCOCC(=O)OC.COCCOCCO.OCCO.[Na+].[OH-]. The number of ether oxygens (including phenoxy) is 21. The maximum Gasteiger partial charge on any atom is 1.00 e. The summed E-state index contributed by atoms with van der Waals surface area (Å²) in [5.74, 6) is -5.64. The van der Waals surface area contributed by atoms with E-state index in [1.165, 1.54) is 64.0 Å². The number of aliphatic carboxylic acids is 4. The maximum atomic E-state index is 10.4. The molecule has 0 aliphatic heterocycles. The third-order valence-corrected chi connectivity index (χ3v) is 7.32. The van der Waals surface area contributed by atoms with Crippen molar-refractivity contribution < 1.29 is 224 Å². The Morgan fingerprint density at radius 2 is 0.404 bits per heavy atom. The van der Waals surface area contributed by atoms with Crippen molar-refractivity contribution in [2.24, 2.45) is 0 Å². The molecular formula is C52H108BrNaO40. The number of hydrogen-bond donors (Lipinski definition) is 9. The van der Waals surface area contributed by atoms with Crippen LogP contribution in [0.15, 0.2) is 0 Å². The summed E-state index contributed by atoms with van der Waals surface area (Å²) < 4.78 is 96.0. The molecule has 0 radical (unpaired) electrons. The number of carbonyl (C=O) groups is 9. The average molecular weight is 1480 g/mol. The zero-order valence-electron chi connectivity index (χ0n) is 56.5. The third kappa shape index (κ3) is 185. The van der Waals surface area contributed by atoms with Gasteiger partial charge >= 0.3 is 83.3 Å². The van der Waals surface area contributed by atoms with Crippen LogP contribution in [0.3, 0.4) is 0 Å². The first kappa shape index (κ1) is 120. The van der Waals surface area contributed by atoms with Crippen molar-refractivity contribution in [3.05, 3.63) is 0 Å². The van der Waals surface area contributed by atoms with Crippen molar-refractivity contribution in [1.82, 2.24) is 0 Å². The second-order valence-corrected chi connectivity index (χ2v) is 14.8. The number of aliphatic hydroxyl groups is 5. The van der Waals surface area contributed by atoms with Gasteiger partial charge in [-0.05, 0) is 0 Å². The van der Waals surface area contributed by atoms with E-state index >= 15 is 0 Å². The van der Waals surface area contributed by atoms with Gasteiger partial charge in [-0.3, -0.25) is 4.79 Å². The maximum absolute atomic E-state index is 10.4. The molecule has 0 spiro atoms. The van der Waals surface area contributed by atoms with Crippen LogP contribution in [0.5, 0.6) is 0 Å². The first-order valence-corrected chi connectivity index (χ1v) is 27.5. The third-order valence-electron chi connectivity index (χ3n) is 6.86. The van der Waals surface area contributed by atoms with Crippen molar-refractivity contribution in [3.63, 3.8) is 0 Å². The molecule has 42 heteroatoms. The normalized spacial score (nSPS) is 9.00. The minimum absolute atomic E-state index is 0. The summed E-state index contributed by atoms with van der Waals surface area (Å²) in [6.07, 6.45) is 0. The van der Waals surface area contributed by atoms with E-state index in [-0.39, 0.29) is 157 Å². The second kappa shape index (κ2) is 122. The first-order valence-electron chi connectivity index (χ1n) is 26.4. The Bertz CT molecular complexity index is 1350. The van der Waals surface area contributed by atoms with Gasteiger partial charge < -0.3 is 151 Å². The molecule has 0 bridgehead atoms. The van der Waals surface area contributed by atoms with Crippen molar-refractivity contribution in [1.29, 1.82) is 0 Å². The van der Waals surface area contributed by atoms with Gasteiger partial charge in [-0.25, -0.2) is 38.4 Å². The molecule has 564 valence electrons. The van der Waals surface area contributed by atoms with Crippen LogP contribution in [-0.2, 0) is 143 Å². The van der Waals surface area contributed by atoms with Gasteiger partial charge in [0.15, 0.2) is 0 Å². The fourth-order valence-electron chi connectivity index (χ4n) is 2.84. The first-order chi connectivity index (χ1) is 43.9. The fourth-order valence-corrected chi connectivity index (χ4v) is 3.07. The second-order valence-electron chi connectivity index (χ2n) is 14.2. The number of esters is 5. The number of carboxylic acids is 4. The van der Waals surface area contributed by atoms with Crippen LogP contribution in [0, 0.1) is 0 Å².